The molecule has 1 unspecified atom stereocenters. The third-order valence-corrected chi connectivity index (χ3v) is 2.72. The van der Waals surface area contributed by atoms with Gasteiger partial charge in [-0.1, -0.05) is 24.6 Å². The van der Waals surface area contributed by atoms with Gasteiger partial charge in [-0.15, -0.1) is 0 Å². The molecule has 0 amide bonds. The van der Waals surface area contributed by atoms with Crippen LogP contribution in [0.2, 0.25) is 5.02 Å². The molecule has 16 heavy (non-hydrogen) atoms. The van der Waals surface area contributed by atoms with Crippen molar-refractivity contribution < 1.29 is 4.39 Å². The quantitative estimate of drug-likeness (QED) is 0.858. The van der Waals surface area contributed by atoms with Gasteiger partial charge in [0, 0.05) is 12.6 Å². The van der Waals surface area contributed by atoms with Crippen molar-refractivity contribution in [2.24, 2.45) is 0 Å². The average molecular weight is 241 g/mol. The molecule has 86 valence electrons. The van der Waals surface area contributed by atoms with E-state index in [9.17, 15) is 4.39 Å². The molecular formula is C12H14ClFN2. The van der Waals surface area contributed by atoms with Crippen LogP contribution in [0, 0.1) is 17.1 Å². The second-order valence-corrected chi connectivity index (χ2v) is 4.00. The molecule has 0 bridgehead atoms. The molecule has 0 aliphatic carbocycles. The van der Waals surface area contributed by atoms with Crippen LogP contribution in [-0.4, -0.2) is 6.04 Å². The van der Waals surface area contributed by atoms with Gasteiger partial charge in [0.25, 0.3) is 0 Å². The number of nitrogens with zero attached hydrogens (tertiary/aromatic N) is 1. The van der Waals surface area contributed by atoms with Gasteiger partial charge in [0.15, 0.2) is 0 Å². The number of nitrogens with one attached hydrogen (secondary N) is 1. The lowest BCUT2D eigenvalue weighted by Crippen LogP contribution is -2.27. The zero-order valence-corrected chi connectivity index (χ0v) is 9.89. The van der Waals surface area contributed by atoms with Crippen molar-refractivity contribution in [2.75, 3.05) is 0 Å². The van der Waals surface area contributed by atoms with E-state index in [0.717, 1.165) is 12.0 Å². The van der Waals surface area contributed by atoms with Crippen molar-refractivity contribution in [2.45, 2.75) is 32.4 Å². The third-order valence-electron chi connectivity index (χ3n) is 2.41. The Labute approximate surface area is 100 Å². The fourth-order valence-corrected chi connectivity index (χ4v) is 1.50. The molecule has 0 aromatic heterocycles. The molecule has 1 N–H and O–H groups in total. The zero-order chi connectivity index (χ0) is 12.0. The molecule has 1 rings (SSSR count). The molecular weight excluding hydrogens is 227 g/mol. The van der Waals surface area contributed by atoms with Crippen LogP contribution in [0.1, 0.15) is 25.3 Å². The summed E-state index contributed by atoms with van der Waals surface area (Å²) in [5.74, 6) is -0.408. The standard InChI is InChI=1S/C12H14ClFN2/c1-2-10(5-6-15)16-8-9-3-4-11(13)12(14)7-9/h3-4,7,10,16H,2,5,8H2,1H3. The molecule has 1 aromatic carbocycles. The third kappa shape index (κ3) is 3.80. The van der Waals surface area contributed by atoms with Gasteiger partial charge in [-0.25, -0.2) is 4.39 Å². The normalized spacial score (nSPS) is 12.1. The Hall–Kier alpha value is -1.11. The summed E-state index contributed by atoms with van der Waals surface area (Å²) in [6.45, 7) is 2.56. The number of rotatable bonds is 5. The van der Waals surface area contributed by atoms with Gasteiger partial charge < -0.3 is 5.32 Å². The van der Waals surface area contributed by atoms with Crippen LogP contribution < -0.4 is 5.32 Å². The lowest BCUT2D eigenvalue weighted by atomic mass is 10.1. The van der Waals surface area contributed by atoms with Crippen LogP contribution in [0.4, 0.5) is 4.39 Å². The van der Waals surface area contributed by atoms with E-state index in [2.05, 4.69) is 11.4 Å². The van der Waals surface area contributed by atoms with Gasteiger partial charge >= 0.3 is 0 Å². The van der Waals surface area contributed by atoms with Gasteiger partial charge in [-0.2, -0.15) is 5.26 Å². The predicted molar refractivity (Wildman–Crippen MR) is 62.6 cm³/mol. The van der Waals surface area contributed by atoms with Crippen LogP contribution in [0.5, 0.6) is 0 Å². The Balaban J connectivity index is 2.54. The largest absolute Gasteiger partial charge is 0.309 e. The van der Waals surface area contributed by atoms with E-state index >= 15 is 0 Å². The molecule has 0 radical (unpaired) electrons. The Morgan fingerprint density at radius 1 is 1.56 bits per heavy atom. The lowest BCUT2D eigenvalue weighted by Gasteiger charge is -2.13. The first-order valence-electron chi connectivity index (χ1n) is 5.21. The molecule has 2 nitrogen and oxygen atoms in total. The highest BCUT2D eigenvalue weighted by atomic mass is 35.5. The van der Waals surface area contributed by atoms with Crippen LogP contribution >= 0.6 is 11.6 Å². The van der Waals surface area contributed by atoms with E-state index in [1.807, 2.05) is 6.92 Å². The Kier molecular flexibility index (Phi) is 5.24. The van der Waals surface area contributed by atoms with Crippen molar-refractivity contribution >= 4 is 11.6 Å². The first-order valence-corrected chi connectivity index (χ1v) is 5.59. The average Bonchev–Trinajstić information content (AvgIpc) is 2.28. The van der Waals surface area contributed by atoms with Crippen molar-refractivity contribution in [1.29, 1.82) is 5.26 Å². The van der Waals surface area contributed by atoms with Crippen LogP contribution in [0.25, 0.3) is 0 Å². The summed E-state index contributed by atoms with van der Waals surface area (Å²) in [7, 11) is 0. The van der Waals surface area contributed by atoms with Gasteiger partial charge in [0.1, 0.15) is 5.82 Å². The molecule has 0 aliphatic rings. The Morgan fingerprint density at radius 2 is 2.31 bits per heavy atom. The van der Waals surface area contributed by atoms with Gasteiger partial charge in [0.2, 0.25) is 0 Å². The maximum Gasteiger partial charge on any atom is 0.142 e. The van der Waals surface area contributed by atoms with E-state index in [1.54, 1.807) is 12.1 Å². The highest BCUT2D eigenvalue weighted by molar-refractivity contribution is 6.30. The highest BCUT2D eigenvalue weighted by Crippen LogP contribution is 2.15. The van der Waals surface area contributed by atoms with Gasteiger partial charge in [-0.05, 0) is 24.1 Å². The van der Waals surface area contributed by atoms with Gasteiger partial charge in [-0.3, -0.25) is 0 Å². The van der Waals surface area contributed by atoms with Crippen LogP contribution in [-0.2, 0) is 6.54 Å². The maximum atomic E-state index is 13.1. The molecule has 0 fully saturated rings. The zero-order valence-electron chi connectivity index (χ0n) is 9.13. The number of hydrogen-bond donors (Lipinski definition) is 1. The maximum absolute atomic E-state index is 13.1. The van der Waals surface area contributed by atoms with E-state index in [4.69, 9.17) is 16.9 Å². The van der Waals surface area contributed by atoms with E-state index in [1.165, 1.54) is 6.07 Å². The van der Waals surface area contributed by atoms with Crippen molar-refractivity contribution in [3.8, 4) is 6.07 Å². The van der Waals surface area contributed by atoms with Gasteiger partial charge in [0.05, 0.1) is 17.5 Å². The van der Waals surface area contributed by atoms with Crippen molar-refractivity contribution in [1.82, 2.24) is 5.32 Å². The van der Waals surface area contributed by atoms with Crippen LogP contribution in [0.15, 0.2) is 18.2 Å². The summed E-state index contributed by atoms with van der Waals surface area (Å²) in [4.78, 5) is 0. The topological polar surface area (TPSA) is 35.8 Å². The minimum Gasteiger partial charge on any atom is -0.309 e. The number of nitriles is 1. The Bertz CT molecular complexity index is 387. The summed E-state index contributed by atoms with van der Waals surface area (Å²) >= 11 is 5.58. The predicted octanol–water partition coefficient (Wildman–Crippen LogP) is 3.26. The number of halogens is 2. The lowest BCUT2D eigenvalue weighted by molar-refractivity contribution is 0.503. The summed E-state index contributed by atoms with van der Waals surface area (Å²) in [5.41, 5.74) is 0.832. The molecule has 4 heteroatoms. The fourth-order valence-electron chi connectivity index (χ4n) is 1.38. The Morgan fingerprint density at radius 3 is 2.88 bits per heavy atom. The molecule has 0 saturated heterocycles. The smallest absolute Gasteiger partial charge is 0.142 e. The second-order valence-electron chi connectivity index (χ2n) is 3.60. The number of hydrogen-bond acceptors (Lipinski definition) is 2. The summed E-state index contributed by atoms with van der Waals surface area (Å²) in [6.07, 6.45) is 1.34. The molecule has 0 heterocycles. The highest BCUT2D eigenvalue weighted by Gasteiger charge is 2.06. The minimum absolute atomic E-state index is 0.132. The molecule has 0 spiro atoms. The summed E-state index contributed by atoms with van der Waals surface area (Å²) < 4.78 is 13.1. The van der Waals surface area contributed by atoms with E-state index < -0.39 is 5.82 Å². The van der Waals surface area contributed by atoms with Crippen LogP contribution in [0.3, 0.4) is 0 Å². The molecule has 1 atom stereocenters. The minimum atomic E-state index is -0.408. The molecule has 0 saturated carbocycles. The molecule has 0 aliphatic heterocycles. The van der Waals surface area contributed by atoms with E-state index in [0.29, 0.717) is 13.0 Å². The fraction of sp³-hybridized carbons (Fsp3) is 0.417. The van der Waals surface area contributed by atoms with Crippen molar-refractivity contribution in [3.63, 3.8) is 0 Å². The monoisotopic (exact) mass is 240 g/mol. The first-order chi connectivity index (χ1) is 7.67. The summed E-state index contributed by atoms with van der Waals surface area (Å²) in [5, 5.41) is 11.9. The van der Waals surface area contributed by atoms with Crippen molar-refractivity contribution in [3.05, 3.63) is 34.6 Å². The SMILES string of the molecule is CCC(CC#N)NCc1ccc(Cl)c(F)c1. The first kappa shape index (κ1) is 13.0. The van der Waals surface area contributed by atoms with E-state index in [-0.39, 0.29) is 11.1 Å². The molecule has 1 aromatic rings. The second kappa shape index (κ2) is 6.47. The summed E-state index contributed by atoms with van der Waals surface area (Å²) in [6, 6.07) is 7.00. The number of benzene rings is 1.